The van der Waals surface area contributed by atoms with Crippen LogP contribution in [0.2, 0.25) is 5.02 Å². The Balaban J connectivity index is 1.20. The van der Waals surface area contributed by atoms with Crippen LogP contribution in [0.5, 0.6) is 0 Å². The number of halogens is 1. The number of hydrogen-bond acceptors (Lipinski definition) is 4. The highest BCUT2D eigenvalue weighted by Crippen LogP contribution is 2.44. The van der Waals surface area contributed by atoms with Crippen molar-refractivity contribution >= 4 is 40.3 Å². The van der Waals surface area contributed by atoms with E-state index in [2.05, 4.69) is 0 Å². The zero-order chi connectivity index (χ0) is 28.1. The lowest BCUT2D eigenvalue weighted by molar-refractivity contribution is -0.0389. The maximum atomic E-state index is 13.9. The van der Waals surface area contributed by atoms with Crippen LogP contribution in [0.25, 0.3) is 22.0 Å². The van der Waals surface area contributed by atoms with Crippen LogP contribution in [-0.2, 0) is 10.3 Å². The summed E-state index contributed by atoms with van der Waals surface area (Å²) in [6.07, 6.45) is 2.64. The van der Waals surface area contributed by atoms with Crippen molar-refractivity contribution in [2.24, 2.45) is 0 Å². The van der Waals surface area contributed by atoms with Crippen molar-refractivity contribution in [2.75, 3.05) is 13.1 Å². The molecule has 1 spiro atoms. The van der Waals surface area contributed by atoms with E-state index < -0.39 is 5.60 Å². The van der Waals surface area contributed by atoms with Crippen molar-refractivity contribution in [1.82, 2.24) is 9.47 Å². The maximum Gasteiger partial charge on any atom is 0.339 e. The summed E-state index contributed by atoms with van der Waals surface area (Å²) < 4.78 is 7.38. The molecule has 6 nitrogen and oxygen atoms in total. The lowest BCUT2D eigenvalue weighted by Crippen LogP contribution is -2.45. The van der Waals surface area contributed by atoms with Crippen molar-refractivity contribution < 1.29 is 19.1 Å². The molecule has 0 saturated carbocycles. The fourth-order valence-electron chi connectivity index (χ4n) is 6.10. The molecule has 202 valence electrons. The van der Waals surface area contributed by atoms with E-state index in [1.807, 2.05) is 66.7 Å². The van der Waals surface area contributed by atoms with Crippen molar-refractivity contribution in [1.29, 1.82) is 0 Å². The number of piperidine rings is 1. The van der Waals surface area contributed by atoms with Gasteiger partial charge in [-0.15, -0.1) is 0 Å². The average Bonchev–Trinajstić information content (AvgIpc) is 3.52. The number of carbonyl (C=O) groups excluding carboxylic acids is 3. The Morgan fingerprint density at radius 3 is 2.32 bits per heavy atom. The molecule has 0 radical (unpaired) electrons. The summed E-state index contributed by atoms with van der Waals surface area (Å²) in [7, 11) is 0. The number of rotatable bonds is 3. The molecule has 0 aliphatic carbocycles. The molecule has 3 heterocycles. The first-order chi connectivity index (χ1) is 19.9. The van der Waals surface area contributed by atoms with E-state index in [-0.39, 0.29) is 17.8 Å². The largest absolute Gasteiger partial charge is 0.450 e. The van der Waals surface area contributed by atoms with E-state index in [1.54, 1.807) is 41.4 Å². The minimum atomic E-state index is -0.703. The number of nitrogens with zero attached hydrogens (tertiary/aromatic N) is 2. The van der Waals surface area contributed by atoms with Crippen molar-refractivity contribution in [3.8, 4) is 11.1 Å². The molecule has 0 bridgehead atoms. The third-order valence-electron chi connectivity index (χ3n) is 8.22. The van der Waals surface area contributed by atoms with Gasteiger partial charge in [-0.2, -0.15) is 0 Å². The van der Waals surface area contributed by atoms with Crippen molar-refractivity contribution in [2.45, 2.75) is 18.4 Å². The number of esters is 1. The van der Waals surface area contributed by atoms with E-state index in [0.717, 1.165) is 16.7 Å². The van der Waals surface area contributed by atoms with Crippen LogP contribution in [0.3, 0.4) is 0 Å². The number of hydrogen-bond donors (Lipinski definition) is 0. The van der Waals surface area contributed by atoms with E-state index >= 15 is 0 Å². The number of benzene rings is 4. The molecule has 2 aliphatic rings. The second-order valence-electron chi connectivity index (χ2n) is 10.5. The van der Waals surface area contributed by atoms with Gasteiger partial charge in [-0.1, -0.05) is 78.3 Å². The van der Waals surface area contributed by atoms with Gasteiger partial charge in [-0.05, 0) is 41.5 Å². The fourth-order valence-corrected chi connectivity index (χ4v) is 6.26. The second kappa shape index (κ2) is 9.75. The van der Waals surface area contributed by atoms with Gasteiger partial charge in [-0.25, -0.2) is 4.79 Å². The van der Waals surface area contributed by atoms with E-state index in [1.165, 1.54) is 4.57 Å². The van der Waals surface area contributed by atoms with Gasteiger partial charge in [0.05, 0.1) is 16.6 Å². The molecular weight excluding hydrogens is 536 g/mol. The molecule has 1 saturated heterocycles. The van der Waals surface area contributed by atoms with E-state index in [9.17, 15) is 14.4 Å². The Labute approximate surface area is 241 Å². The maximum absolute atomic E-state index is 13.9. The molecule has 41 heavy (non-hydrogen) atoms. The number of likely N-dealkylation sites (tertiary alicyclic amines) is 1. The van der Waals surface area contributed by atoms with Crippen LogP contribution in [0.4, 0.5) is 0 Å². The number of amides is 1. The molecule has 0 atom stereocenters. The van der Waals surface area contributed by atoms with Gasteiger partial charge in [0.1, 0.15) is 5.60 Å². The summed E-state index contributed by atoms with van der Waals surface area (Å²) >= 11 is 6.35. The van der Waals surface area contributed by atoms with Gasteiger partial charge in [0.2, 0.25) is 0 Å². The van der Waals surface area contributed by atoms with E-state index in [0.29, 0.717) is 58.5 Å². The predicted molar refractivity (Wildman–Crippen MR) is 157 cm³/mol. The Bertz CT molecular complexity index is 1850. The molecule has 5 aromatic rings. The lowest BCUT2D eigenvalue weighted by Gasteiger charge is -2.38. The summed E-state index contributed by atoms with van der Waals surface area (Å²) in [6.45, 7) is 0.849. The van der Waals surface area contributed by atoms with Crippen LogP contribution < -0.4 is 0 Å². The molecule has 1 aromatic heterocycles. The van der Waals surface area contributed by atoms with Crippen LogP contribution in [0, 0.1) is 0 Å². The van der Waals surface area contributed by atoms with Crippen LogP contribution >= 0.6 is 11.6 Å². The predicted octanol–water partition coefficient (Wildman–Crippen LogP) is 6.95. The Morgan fingerprint density at radius 2 is 1.51 bits per heavy atom. The number of fused-ring (bicyclic) bond motifs is 3. The van der Waals surface area contributed by atoms with Gasteiger partial charge in [0, 0.05) is 53.7 Å². The summed E-state index contributed by atoms with van der Waals surface area (Å²) in [6, 6.07) is 30.0. The van der Waals surface area contributed by atoms with Gasteiger partial charge in [-0.3, -0.25) is 14.2 Å². The normalized spacial score (nSPS) is 15.6. The molecule has 7 heteroatoms. The smallest absolute Gasteiger partial charge is 0.339 e. The molecule has 7 rings (SSSR count). The summed E-state index contributed by atoms with van der Waals surface area (Å²) in [5, 5.41) is 1.13. The lowest BCUT2D eigenvalue weighted by atomic mass is 9.83. The monoisotopic (exact) mass is 560 g/mol. The van der Waals surface area contributed by atoms with Gasteiger partial charge < -0.3 is 9.64 Å². The molecule has 0 unspecified atom stereocenters. The third-order valence-corrected chi connectivity index (χ3v) is 8.45. The Hall–Kier alpha value is -4.68. The highest BCUT2D eigenvalue weighted by molar-refractivity contribution is 6.31. The quantitative estimate of drug-likeness (QED) is 0.224. The average molecular weight is 561 g/mol. The highest BCUT2D eigenvalue weighted by Gasteiger charge is 2.47. The van der Waals surface area contributed by atoms with Gasteiger partial charge in [0.15, 0.2) is 0 Å². The second-order valence-corrected chi connectivity index (χ2v) is 11.0. The zero-order valence-electron chi connectivity index (χ0n) is 22.0. The Morgan fingerprint density at radius 1 is 0.780 bits per heavy atom. The first kappa shape index (κ1) is 25.3. The minimum absolute atomic E-state index is 0.172. The molecule has 1 fully saturated rings. The summed E-state index contributed by atoms with van der Waals surface area (Å²) in [4.78, 5) is 42.0. The van der Waals surface area contributed by atoms with Crippen molar-refractivity contribution in [3.63, 3.8) is 0 Å². The Kier molecular flexibility index (Phi) is 6.02. The molecule has 1 amide bonds. The third kappa shape index (κ3) is 4.23. The highest BCUT2D eigenvalue weighted by atomic mass is 35.5. The summed E-state index contributed by atoms with van der Waals surface area (Å²) in [5.41, 5.74) is 4.24. The fraction of sp³-hybridized carbons (Fsp3) is 0.147. The minimum Gasteiger partial charge on any atom is -0.450 e. The van der Waals surface area contributed by atoms with E-state index in [4.69, 9.17) is 16.3 Å². The van der Waals surface area contributed by atoms with Gasteiger partial charge in [0.25, 0.3) is 11.8 Å². The first-order valence-electron chi connectivity index (χ1n) is 13.6. The topological polar surface area (TPSA) is 68.6 Å². The molecule has 4 aromatic carbocycles. The number of carbonyl (C=O) groups is 3. The molecule has 0 N–H and O–H groups in total. The van der Waals surface area contributed by atoms with Crippen LogP contribution in [-0.4, -0.2) is 40.3 Å². The SMILES string of the molecule is O=C1OC2(CCN(C(=O)c3cn(C(=O)c4cccc(-c5ccccc5)c4)c4cc(Cl)ccc34)CC2)c2ccccc21. The standard InChI is InChI=1S/C34H25ClN2O4/c35-25-13-14-26-28(32(39)36-17-15-34(16-18-36)29-12-5-4-11-27(29)33(40)41-34)21-37(30(26)20-25)31(38)24-10-6-9-23(19-24)22-7-2-1-3-8-22/h1-14,19-21H,15-18H2. The first-order valence-corrected chi connectivity index (χ1v) is 13.9. The zero-order valence-corrected chi connectivity index (χ0v) is 22.8. The summed E-state index contributed by atoms with van der Waals surface area (Å²) in [5.74, 6) is -0.731. The van der Waals surface area contributed by atoms with Gasteiger partial charge >= 0.3 is 5.97 Å². The van der Waals surface area contributed by atoms with Crippen molar-refractivity contribution in [3.05, 3.63) is 131 Å². The number of aromatic nitrogens is 1. The molecular formula is C34H25ClN2O4. The van der Waals surface area contributed by atoms with Crippen LogP contribution in [0.1, 0.15) is 49.5 Å². The van der Waals surface area contributed by atoms with Crippen LogP contribution in [0.15, 0.2) is 103 Å². The number of ether oxygens (including phenoxy) is 1. The molecule has 2 aliphatic heterocycles.